The van der Waals surface area contributed by atoms with E-state index in [0.29, 0.717) is 6.42 Å². The SMILES string of the molecule is CC(C)CC(C)NC(=O)N(CC(=O)O)CC(F)(F)F. The Hall–Kier alpha value is -1.47. The van der Waals surface area contributed by atoms with Crippen LogP contribution in [0.4, 0.5) is 18.0 Å². The summed E-state index contributed by atoms with van der Waals surface area (Å²) in [5.74, 6) is -1.22. The van der Waals surface area contributed by atoms with E-state index in [0.717, 1.165) is 0 Å². The highest BCUT2D eigenvalue weighted by Gasteiger charge is 2.34. The van der Waals surface area contributed by atoms with E-state index in [1.165, 1.54) is 0 Å². The molecule has 0 aliphatic carbocycles. The molecular formula is C11H19F3N2O3. The number of urea groups is 1. The van der Waals surface area contributed by atoms with Crippen molar-refractivity contribution < 1.29 is 27.9 Å². The predicted octanol–water partition coefficient (Wildman–Crippen LogP) is 2.08. The standard InChI is InChI=1S/C11H19F3N2O3/c1-7(2)4-8(3)15-10(19)16(5-9(17)18)6-11(12,13)14/h7-8H,4-6H2,1-3H3,(H,15,19)(H,17,18). The lowest BCUT2D eigenvalue weighted by molar-refractivity contribution is -0.149. The van der Waals surface area contributed by atoms with Crippen molar-refractivity contribution in [1.82, 2.24) is 10.2 Å². The fourth-order valence-corrected chi connectivity index (χ4v) is 1.65. The molecule has 2 N–H and O–H groups in total. The number of alkyl halides is 3. The van der Waals surface area contributed by atoms with Gasteiger partial charge in [-0.25, -0.2) is 4.79 Å². The van der Waals surface area contributed by atoms with E-state index in [9.17, 15) is 22.8 Å². The maximum Gasteiger partial charge on any atom is 0.406 e. The van der Waals surface area contributed by atoms with E-state index in [4.69, 9.17) is 5.11 Å². The van der Waals surface area contributed by atoms with E-state index in [2.05, 4.69) is 5.32 Å². The van der Waals surface area contributed by atoms with Gasteiger partial charge in [0, 0.05) is 6.04 Å². The number of carbonyl (C=O) groups is 2. The quantitative estimate of drug-likeness (QED) is 0.784. The van der Waals surface area contributed by atoms with E-state index in [1.54, 1.807) is 6.92 Å². The van der Waals surface area contributed by atoms with Crippen LogP contribution in [0.1, 0.15) is 27.2 Å². The largest absolute Gasteiger partial charge is 0.480 e. The number of nitrogens with one attached hydrogen (secondary N) is 1. The van der Waals surface area contributed by atoms with Crippen LogP contribution in [0.25, 0.3) is 0 Å². The summed E-state index contributed by atoms with van der Waals surface area (Å²) < 4.78 is 36.7. The third kappa shape index (κ3) is 9.15. The van der Waals surface area contributed by atoms with Crippen LogP contribution in [-0.2, 0) is 4.79 Å². The van der Waals surface area contributed by atoms with Gasteiger partial charge in [0.15, 0.2) is 0 Å². The van der Waals surface area contributed by atoms with Crippen molar-refractivity contribution in [2.24, 2.45) is 5.92 Å². The lowest BCUT2D eigenvalue weighted by Gasteiger charge is -2.25. The Kier molecular flexibility index (Phi) is 6.64. The van der Waals surface area contributed by atoms with Gasteiger partial charge in [0.2, 0.25) is 0 Å². The maximum atomic E-state index is 12.2. The Bertz CT molecular complexity index is 319. The molecule has 2 amide bonds. The molecule has 0 saturated heterocycles. The molecule has 5 nitrogen and oxygen atoms in total. The Morgan fingerprint density at radius 2 is 1.79 bits per heavy atom. The van der Waals surface area contributed by atoms with Gasteiger partial charge in [-0.15, -0.1) is 0 Å². The Balaban J connectivity index is 4.58. The zero-order valence-electron chi connectivity index (χ0n) is 11.1. The minimum atomic E-state index is -4.63. The first-order chi connectivity index (χ1) is 8.51. The Morgan fingerprint density at radius 1 is 1.26 bits per heavy atom. The molecule has 0 aromatic heterocycles. The monoisotopic (exact) mass is 284 g/mol. The van der Waals surface area contributed by atoms with Crippen LogP contribution in [0, 0.1) is 5.92 Å². The molecule has 0 heterocycles. The number of rotatable bonds is 6. The molecule has 8 heteroatoms. The number of carboxylic acid groups (broad SMARTS) is 1. The maximum absolute atomic E-state index is 12.2. The smallest absolute Gasteiger partial charge is 0.406 e. The molecule has 0 fully saturated rings. The number of hydrogen-bond acceptors (Lipinski definition) is 2. The molecular weight excluding hydrogens is 265 g/mol. The summed E-state index contributed by atoms with van der Waals surface area (Å²) >= 11 is 0. The number of nitrogens with zero attached hydrogens (tertiary/aromatic N) is 1. The fraction of sp³-hybridized carbons (Fsp3) is 0.818. The van der Waals surface area contributed by atoms with Gasteiger partial charge in [-0.1, -0.05) is 13.8 Å². The summed E-state index contributed by atoms with van der Waals surface area (Å²) in [4.78, 5) is 22.3. The number of amides is 2. The third-order valence-electron chi connectivity index (χ3n) is 2.18. The van der Waals surface area contributed by atoms with E-state index >= 15 is 0 Å². The van der Waals surface area contributed by atoms with Crippen molar-refractivity contribution in [3.63, 3.8) is 0 Å². The van der Waals surface area contributed by atoms with Crippen molar-refractivity contribution in [3.05, 3.63) is 0 Å². The molecule has 0 aliphatic heterocycles. The van der Waals surface area contributed by atoms with Crippen LogP contribution in [-0.4, -0.2) is 47.3 Å². The summed E-state index contributed by atoms with van der Waals surface area (Å²) in [6, 6.07) is -1.34. The van der Waals surface area contributed by atoms with Crippen molar-refractivity contribution in [3.8, 4) is 0 Å². The Labute approximate surface area is 109 Å². The van der Waals surface area contributed by atoms with Crippen LogP contribution in [0.15, 0.2) is 0 Å². The summed E-state index contributed by atoms with van der Waals surface area (Å²) in [6.07, 6.45) is -4.03. The molecule has 0 spiro atoms. The molecule has 0 aromatic rings. The van der Waals surface area contributed by atoms with E-state index in [1.807, 2.05) is 13.8 Å². The molecule has 0 bridgehead atoms. The second-order valence-corrected chi connectivity index (χ2v) is 4.85. The number of hydrogen-bond donors (Lipinski definition) is 2. The van der Waals surface area contributed by atoms with Gasteiger partial charge in [0.25, 0.3) is 0 Å². The summed E-state index contributed by atoms with van der Waals surface area (Å²) in [6.45, 7) is 2.91. The summed E-state index contributed by atoms with van der Waals surface area (Å²) in [7, 11) is 0. The molecule has 19 heavy (non-hydrogen) atoms. The van der Waals surface area contributed by atoms with Gasteiger partial charge in [-0.3, -0.25) is 4.79 Å². The average molecular weight is 284 g/mol. The van der Waals surface area contributed by atoms with Gasteiger partial charge in [-0.2, -0.15) is 13.2 Å². The molecule has 1 atom stereocenters. The highest BCUT2D eigenvalue weighted by atomic mass is 19.4. The second kappa shape index (κ2) is 7.20. The summed E-state index contributed by atoms with van der Waals surface area (Å²) in [5, 5.41) is 10.9. The van der Waals surface area contributed by atoms with Crippen LogP contribution in [0.3, 0.4) is 0 Å². The van der Waals surface area contributed by atoms with E-state index in [-0.39, 0.29) is 16.9 Å². The van der Waals surface area contributed by atoms with Crippen LogP contribution in [0.2, 0.25) is 0 Å². The highest BCUT2D eigenvalue weighted by Crippen LogP contribution is 2.16. The van der Waals surface area contributed by atoms with Crippen molar-refractivity contribution in [2.75, 3.05) is 13.1 Å². The molecule has 1 unspecified atom stereocenters. The number of carboxylic acids is 1. The lowest BCUT2D eigenvalue weighted by Crippen LogP contribution is -2.49. The Morgan fingerprint density at radius 3 is 2.16 bits per heavy atom. The normalized spacial score (nSPS) is 13.2. The minimum absolute atomic E-state index is 0.235. The molecule has 0 aliphatic rings. The van der Waals surface area contributed by atoms with Crippen molar-refractivity contribution in [2.45, 2.75) is 39.4 Å². The number of aliphatic carboxylic acids is 1. The van der Waals surface area contributed by atoms with Gasteiger partial charge >= 0.3 is 18.2 Å². The zero-order valence-corrected chi connectivity index (χ0v) is 11.1. The molecule has 0 saturated carbocycles. The second-order valence-electron chi connectivity index (χ2n) is 4.85. The van der Waals surface area contributed by atoms with Crippen molar-refractivity contribution in [1.29, 1.82) is 0 Å². The number of carbonyl (C=O) groups excluding carboxylic acids is 1. The topological polar surface area (TPSA) is 69.6 Å². The van der Waals surface area contributed by atoms with Crippen LogP contribution >= 0.6 is 0 Å². The minimum Gasteiger partial charge on any atom is -0.480 e. The number of halogens is 3. The predicted molar refractivity (Wildman–Crippen MR) is 62.7 cm³/mol. The molecule has 112 valence electrons. The third-order valence-corrected chi connectivity index (χ3v) is 2.18. The van der Waals surface area contributed by atoms with Gasteiger partial charge in [-0.05, 0) is 19.3 Å². The van der Waals surface area contributed by atoms with Gasteiger partial charge < -0.3 is 15.3 Å². The first-order valence-electron chi connectivity index (χ1n) is 5.85. The summed E-state index contributed by atoms with van der Waals surface area (Å²) in [5.41, 5.74) is 0. The van der Waals surface area contributed by atoms with E-state index < -0.39 is 31.3 Å². The first-order valence-corrected chi connectivity index (χ1v) is 5.85. The molecule has 0 rings (SSSR count). The average Bonchev–Trinajstić information content (AvgIpc) is 2.11. The highest BCUT2D eigenvalue weighted by molar-refractivity contribution is 5.80. The molecule has 0 radical (unpaired) electrons. The zero-order chi connectivity index (χ0) is 15.2. The van der Waals surface area contributed by atoms with Crippen molar-refractivity contribution >= 4 is 12.0 Å². The van der Waals surface area contributed by atoms with Gasteiger partial charge in [0.1, 0.15) is 13.1 Å². The van der Waals surface area contributed by atoms with Crippen LogP contribution < -0.4 is 5.32 Å². The first kappa shape index (κ1) is 17.5. The molecule has 0 aromatic carbocycles. The van der Waals surface area contributed by atoms with Crippen LogP contribution in [0.5, 0.6) is 0 Å². The van der Waals surface area contributed by atoms with Gasteiger partial charge in [0.05, 0.1) is 0 Å². The fourth-order valence-electron chi connectivity index (χ4n) is 1.65. The lowest BCUT2D eigenvalue weighted by atomic mass is 10.1.